The number of hydrogen-bond acceptors (Lipinski definition) is 1. The van der Waals surface area contributed by atoms with Crippen LogP contribution in [0, 0.1) is 17.7 Å². The number of carbonyl (C=O) groups excluding carboxylic acids is 1. The molecular formula is C10H7BrFNO. The fraction of sp³-hybridized carbons (Fsp3) is 0.100. The van der Waals surface area contributed by atoms with Crippen LogP contribution in [-0.2, 0) is 4.79 Å². The number of rotatable bonds is 1. The Kier molecular flexibility index (Phi) is 3.66. The van der Waals surface area contributed by atoms with Crippen molar-refractivity contribution in [2.75, 3.05) is 0 Å². The van der Waals surface area contributed by atoms with Gasteiger partial charge in [-0.15, -0.1) is 0 Å². The molecule has 0 saturated heterocycles. The Balaban J connectivity index is 2.85. The second-order valence-electron chi connectivity index (χ2n) is 2.57. The lowest BCUT2D eigenvalue weighted by Gasteiger charge is -1.94. The average Bonchev–Trinajstić information content (AvgIpc) is 2.08. The van der Waals surface area contributed by atoms with Crippen molar-refractivity contribution in [2.24, 2.45) is 5.73 Å². The predicted octanol–water partition coefficient (Wildman–Crippen LogP) is 1.82. The number of carbonyl (C=O) groups is 1. The van der Waals surface area contributed by atoms with Crippen molar-refractivity contribution in [3.63, 3.8) is 0 Å². The number of nitrogens with two attached hydrogens (primary N) is 1. The zero-order chi connectivity index (χ0) is 10.6. The lowest BCUT2D eigenvalue weighted by atomic mass is 10.2. The van der Waals surface area contributed by atoms with Gasteiger partial charge in [0.25, 0.3) is 0 Å². The van der Waals surface area contributed by atoms with E-state index in [1.54, 1.807) is 0 Å². The Hall–Kier alpha value is -1.34. The standard InChI is InChI=1S/C10H7BrFNO/c11-9-6-8(12)5-4-7(9)2-1-3-10(13)14/h4-6H,3H2,(H2,13,14). The molecule has 1 aromatic carbocycles. The van der Waals surface area contributed by atoms with Crippen LogP contribution >= 0.6 is 15.9 Å². The fourth-order valence-electron chi connectivity index (χ4n) is 0.817. The molecule has 0 aliphatic heterocycles. The maximum atomic E-state index is 12.6. The summed E-state index contributed by atoms with van der Waals surface area (Å²) >= 11 is 3.16. The van der Waals surface area contributed by atoms with Crippen LogP contribution in [0.25, 0.3) is 0 Å². The molecule has 0 aliphatic rings. The Morgan fingerprint density at radius 3 is 2.86 bits per heavy atom. The van der Waals surface area contributed by atoms with E-state index in [0.717, 1.165) is 0 Å². The smallest absolute Gasteiger partial charge is 0.229 e. The van der Waals surface area contributed by atoms with E-state index in [1.807, 2.05) is 0 Å². The van der Waals surface area contributed by atoms with Gasteiger partial charge in [-0.2, -0.15) is 0 Å². The molecule has 0 aromatic heterocycles. The molecule has 0 aliphatic carbocycles. The van der Waals surface area contributed by atoms with E-state index >= 15 is 0 Å². The summed E-state index contributed by atoms with van der Waals surface area (Å²) in [5.74, 6) is 4.48. The highest BCUT2D eigenvalue weighted by molar-refractivity contribution is 9.10. The molecule has 0 radical (unpaired) electrons. The topological polar surface area (TPSA) is 43.1 Å². The van der Waals surface area contributed by atoms with Crippen molar-refractivity contribution in [3.8, 4) is 11.8 Å². The summed E-state index contributed by atoms with van der Waals surface area (Å²) in [7, 11) is 0. The van der Waals surface area contributed by atoms with E-state index in [0.29, 0.717) is 10.0 Å². The van der Waals surface area contributed by atoms with E-state index in [9.17, 15) is 9.18 Å². The molecule has 0 atom stereocenters. The zero-order valence-electron chi connectivity index (χ0n) is 7.18. The van der Waals surface area contributed by atoms with E-state index < -0.39 is 5.91 Å². The summed E-state index contributed by atoms with van der Waals surface area (Å²) in [5, 5.41) is 0. The van der Waals surface area contributed by atoms with Crippen molar-refractivity contribution in [1.29, 1.82) is 0 Å². The molecule has 0 spiro atoms. The van der Waals surface area contributed by atoms with Gasteiger partial charge in [-0.1, -0.05) is 11.8 Å². The molecule has 0 unspecified atom stereocenters. The largest absolute Gasteiger partial charge is 0.369 e. The number of halogens is 2. The highest BCUT2D eigenvalue weighted by atomic mass is 79.9. The molecular weight excluding hydrogens is 249 g/mol. The van der Waals surface area contributed by atoms with Gasteiger partial charge in [0.1, 0.15) is 5.82 Å². The van der Waals surface area contributed by atoms with Crippen molar-refractivity contribution in [3.05, 3.63) is 34.1 Å². The quantitative estimate of drug-likeness (QED) is 0.765. The fourth-order valence-corrected chi connectivity index (χ4v) is 1.27. The molecule has 1 rings (SSSR count). The first-order valence-electron chi connectivity index (χ1n) is 3.82. The van der Waals surface area contributed by atoms with Crippen LogP contribution in [-0.4, -0.2) is 5.91 Å². The highest BCUT2D eigenvalue weighted by Gasteiger charge is 1.97. The first-order valence-corrected chi connectivity index (χ1v) is 4.61. The van der Waals surface area contributed by atoms with Crippen LogP contribution in [0.15, 0.2) is 22.7 Å². The van der Waals surface area contributed by atoms with E-state index in [4.69, 9.17) is 5.73 Å². The molecule has 72 valence electrons. The summed E-state index contributed by atoms with van der Waals surface area (Å²) in [5.41, 5.74) is 5.54. The third-order valence-electron chi connectivity index (χ3n) is 1.42. The Bertz CT molecular complexity index is 420. The van der Waals surface area contributed by atoms with Crippen LogP contribution < -0.4 is 5.73 Å². The minimum atomic E-state index is -0.476. The van der Waals surface area contributed by atoms with Crippen molar-refractivity contribution in [1.82, 2.24) is 0 Å². The van der Waals surface area contributed by atoms with E-state index in [-0.39, 0.29) is 12.2 Å². The van der Waals surface area contributed by atoms with Crippen molar-refractivity contribution < 1.29 is 9.18 Å². The molecule has 4 heteroatoms. The van der Waals surface area contributed by atoms with Crippen molar-refractivity contribution >= 4 is 21.8 Å². The first kappa shape index (κ1) is 10.7. The summed E-state index contributed by atoms with van der Waals surface area (Å²) in [6, 6.07) is 4.15. The number of benzene rings is 1. The second-order valence-corrected chi connectivity index (χ2v) is 3.42. The van der Waals surface area contributed by atoms with Crippen LogP contribution in [0.4, 0.5) is 4.39 Å². The monoisotopic (exact) mass is 255 g/mol. The van der Waals surface area contributed by atoms with Gasteiger partial charge in [-0.25, -0.2) is 4.39 Å². The third-order valence-corrected chi connectivity index (χ3v) is 2.07. The van der Waals surface area contributed by atoms with Gasteiger partial charge in [0.05, 0.1) is 6.42 Å². The Morgan fingerprint density at radius 2 is 2.29 bits per heavy atom. The molecule has 2 nitrogen and oxygen atoms in total. The van der Waals surface area contributed by atoms with Crippen LogP contribution in [0.1, 0.15) is 12.0 Å². The maximum absolute atomic E-state index is 12.6. The lowest BCUT2D eigenvalue weighted by Crippen LogP contribution is -2.08. The lowest BCUT2D eigenvalue weighted by molar-refractivity contribution is -0.117. The van der Waals surface area contributed by atoms with E-state index in [1.165, 1.54) is 18.2 Å². The normalized spacial score (nSPS) is 9.00. The second kappa shape index (κ2) is 4.77. The third kappa shape index (κ3) is 3.19. The van der Waals surface area contributed by atoms with Crippen LogP contribution in [0.3, 0.4) is 0 Å². The summed E-state index contributed by atoms with van der Waals surface area (Å²) in [4.78, 5) is 10.4. The van der Waals surface area contributed by atoms with Crippen LogP contribution in [0.2, 0.25) is 0 Å². The highest BCUT2D eigenvalue weighted by Crippen LogP contribution is 2.16. The average molecular weight is 256 g/mol. The molecule has 14 heavy (non-hydrogen) atoms. The number of amides is 1. The number of hydrogen-bond donors (Lipinski definition) is 1. The zero-order valence-corrected chi connectivity index (χ0v) is 8.77. The SMILES string of the molecule is NC(=O)CC#Cc1ccc(F)cc1Br. The number of primary amides is 1. The molecule has 0 saturated carbocycles. The predicted molar refractivity (Wildman–Crippen MR) is 54.8 cm³/mol. The van der Waals surface area contributed by atoms with Gasteiger partial charge < -0.3 is 5.73 Å². The van der Waals surface area contributed by atoms with Crippen molar-refractivity contribution in [2.45, 2.75) is 6.42 Å². The first-order chi connectivity index (χ1) is 6.59. The molecule has 1 amide bonds. The van der Waals surface area contributed by atoms with Crippen LogP contribution in [0.5, 0.6) is 0 Å². The summed E-state index contributed by atoms with van der Waals surface area (Å²) in [6.07, 6.45) is 0.00379. The van der Waals surface area contributed by atoms with Gasteiger partial charge >= 0.3 is 0 Å². The molecule has 2 N–H and O–H groups in total. The molecule has 1 aromatic rings. The van der Waals surface area contributed by atoms with Gasteiger partial charge in [0.2, 0.25) is 5.91 Å². The van der Waals surface area contributed by atoms with Gasteiger partial charge in [0, 0.05) is 10.0 Å². The Labute approximate surface area is 89.4 Å². The molecule has 0 heterocycles. The maximum Gasteiger partial charge on any atom is 0.229 e. The van der Waals surface area contributed by atoms with E-state index in [2.05, 4.69) is 27.8 Å². The Morgan fingerprint density at radius 1 is 1.57 bits per heavy atom. The van der Waals surface area contributed by atoms with Gasteiger partial charge in [0.15, 0.2) is 0 Å². The molecule has 0 fully saturated rings. The van der Waals surface area contributed by atoms with Gasteiger partial charge in [-0.05, 0) is 34.1 Å². The minimum Gasteiger partial charge on any atom is -0.369 e. The van der Waals surface area contributed by atoms with Gasteiger partial charge in [-0.3, -0.25) is 4.79 Å². The summed E-state index contributed by atoms with van der Waals surface area (Å²) < 4.78 is 13.2. The summed E-state index contributed by atoms with van der Waals surface area (Å²) in [6.45, 7) is 0. The minimum absolute atomic E-state index is 0.00379. The molecule has 0 bridgehead atoms.